The summed E-state index contributed by atoms with van der Waals surface area (Å²) in [6, 6.07) is 3.22. The topological polar surface area (TPSA) is 46.3 Å². The van der Waals surface area contributed by atoms with E-state index in [2.05, 4.69) is 0 Å². The summed E-state index contributed by atoms with van der Waals surface area (Å²) >= 11 is 5.73. The van der Waals surface area contributed by atoms with E-state index in [0.29, 0.717) is 0 Å². The minimum absolute atomic E-state index is 0.118. The van der Waals surface area contributed by atoms with Crippen LogP contribution in [0.25, 0.3) is 0 Å². The number of hydrogen-bond donors (Lipinski definition) is 1. The lowest BCUT2D eigenvalue weighted by molar-refractivity contribution is -0.137. The Morgan fingerprint density at radius 1 is 1.42 bits per heavy atom. The Kier molecular flexibility index (Phi) is 3.73. The zero-order chi connectivity index (χ0) is 14.2. The van der Waals surface area contributed by atoms with Crippen molar-refractivity contribution in [2.75, 3.05) is 18.0 Å². The first-order chi connectivity index (χ1) is 8.82. The molecule has 1 unspecified atom stereocenters. The Bertz CT molecular complexity index is 504. The highest BCUT2D eigenvalue weighted by Gasteiger charge is 2.38. The normalized spacial score (nSPS) is 20.2. The highest BCUT2D eigenvalue weighted by molar-refractivity contribution is 6.31. The van der Waals surface area contributed by atoms with E-state index in [-0.39, 0.29) is 42.0 Å². The molecule has 0 saturated carbocycles. The predicted octanol–water partition coefficient (Wildman–Crippen LogP) is 2.67. The van der Waals surface area contributed by atoms with Crippen LogP contribution in [0.3, 0.4) is 0 Å². The lowest BCUT2D eigenvalue weighted by atomic mass is 10.1. The minimum atomic E-state index is -4.53. The van der Waals surface area contributed by atoms with Gasteiger partial charge in [-0.2, -0.15) is 13.2 Å². The number of rotatable bonds is 2. The number of alkyl halides is 3. The van der Waals surface area contributed by atoms with Gasteiger partial charge < -0.3 is 10.6 Å². The zero-order valence-electron chi connectivity index (χ0n) is 9.88. The number of carbonyl (C=O) groups is 1. The minimum Gasteiger partial charge on any atom is -0.330 e. The molecule has 1 aromatic carbocycles. The fourth-order valence-corrected chi connectivity index (χ4v) is 2.31. The Morgan fingerprint density at radius 3 is 2.63 bits per heavy atom. The molecule has 2 N–H and O–H groups in total. The first-order valence-corrected chi connectivity index (χ1v) is 6.08. The molecule has 1 atom stereocenters. The van der Waals surface area contributed by atoms with Crippen molar-refractivity contribution in [1.82, 2.24) is 0 Å². The van der Waals surface area contributed by atoms with Gasteiger partial charge in [-0.3, -0.25) is 4.79 Å². The summed E-state index contributed by atoms with van der Waals surface area (Å²) in [6.07, 6.45) is -4.36. The van der Waals surface area contributed by atoms with Crippen molar-refractivity contribution in [2.24, 2.45) is 11.7 Å². The average molecular weight is 293 g/mol. The molecule has 0 aliphatic carbocycles. The number of hydrogen-bond acceptors (Lipinski definition) is 2. The van der Waals surface area contributed by atoms with Gasteiger partial charge in [0.15, 0.2) is 0 Å². The molecular formula is C12H12ClF3N2O. The summed E-state index contributed by atoms with van der Waals surface area (Å²) in [5.74, 6) is -0.476. The van der Waals surface area contributed by atoms with Gasteiger partial charge >= 0.3 is 6.18 Å². The first kappa shape index (κ1) is 14.1. The molecule has 1 aromatic rings. The van der Waals surface area contributed by atoms with Crippen molar-refractivity contribution in [3.05, 3.63) is 28.8 Å². The maximum Gasteiger partial charge on any atom is 0.418 e. The second-order valence-corrected chi connectivity index (χ2v) is 4.91. The fourth-order valence-electron chi connectivity index (χ4n) is 2.14. The Labute approximate surface area is 113 Å². The number of halogens is 4. The number of anilines is 1. The first-order valence-electron chi connectivity index (χ1n) is 5.70. The maximum absolute atomic E-state index is 12.9. The average Bonchev–Trinajstić information content (AvgIpc) is 2.68. The lowest BCUT2D eigenvalue weighted by Gasteiger charge is -2.22. The highest BCUT2D eigenvalue weighted by atomic mass is 35.5. The van der Waals surface area contributed by atoms with Gasteiger partial charge in [-0.1, -0.05) is 11.6 Å². The largest absolute Gasteiger partial charge is 0.418 e. The molecular weight excluding hydrogens is 281 g/mol. The molecule has 1 aliphatic rings. The number of amides is 1. The summed E-state index contributed by atoms with van der Waals surface area (Å²) in [6.45, 7) is 0.461. The molecule has 19 heavy (non-hydrogen) atoms. The third-order valence-corrected chi connectivity index (χ3v) is 3.33. The van der Waals surface area contributed by atoms with Crippen molar-refractivity contribution in [3.63, 3.8) is 0 Å². The summed E-state index contributed by atoms with van der Waals surface area (Å²) in [5.41, 5.74) is 4.41. The summed E-state index contributed by atoms with van der Waals surface area (Å²) in [4.78, 5) is 12.9. The molecule has 2 rings (SSSR count). The molecule has 0 bridgehead atoms. The molecule has 1 fully saturated rings. The van der Waals surface area contributed by atoms with Crippen molar-refractivity contribution >= 4 is 23.2 Å². The lowest BCUT2D eigenvalue weighted by Crippen LogP contribution is -2.28. The van der Waals surface area contributed by atoms with Gasteiger partial charge in [0.25, 0.3) is 0 Å². The van der Waals surface area contributed by atoms with Crippen LogP contribution in [-0.2, 0) is 11.0 Å². The number of nitrogens with zero attached hydrogens (tertiary/aromatic N) is 1. The number of nitrogens with two attached hydrogens (primary N) is 1. The van der Waals surface area contributed by atoms with Crippen molar-refractivity contribution in [1.29, 1.82) is 0 Å². The molecule has 0 aromatic heterocycles. The molecule has 0 radical (unpaired) electrons. The van der Waals surface area contributed by atoms with Gasteiger partial charge in [-0.25, -0.2) is 0 Å². The maximum atomic E-state index is 12.9. The second kappa shape index (κ2) is 5.02. The van der Waals surface area contributed by atoms with Gasteiger partial charge in [-0.05, 0) is 30.7 Å². The second-order valence-electron chi connectivity index (χ2n) is 4.47. The van der Waals surface area contributed by atoms with Crippen LogP contribution >= 0.6 is 11.6 Å². The monoisotopic (exact) mass is 292 g/mol. The molecule has 0 spiro atoms. The van der Waals surface area contributed by atoms with E-state index < -0.39 is 11.7 Å². The van der Waals surface area contributed by atoms with E-state index in [1.165, 1.54) is 6.07 Å². The van der Waals surface area contributed by atoms with E-state index in [1.807, 2.05) is 0 Å². The molecule has 1 aliphatic heterocycles. The smallest absolute Gasteiger partial charge is 0.330 e. The highest BCUT2D eigenvalue weighted by Crippen LogP contribution is 2.39. The molecule has 3 nitrogen and oxygen atoms in total. The van der Waals surface area contributed by atoms with Crippen LogP contribution in [-0.4, -0.2) is 19.0 Å². The van der Waals surface area contributed by atoms with Gasteiger partial charge in [0.2, 0.25) is 5.91 Å². The summed E-state index contributed by atoms with van der Waals surface area (Å²) < 4.78 is 38.8. The summed E-state index contributed by atoms with van der Waals surface area (Å²) in [5, 5.41) is 0.159. The van der Waals surface area contributed by atoms with Crippen LogP contribution in [0.2, 0.25) is 5.02 Å². The van der Waals surface area contributed by atoms with Crippen LogP contribution in [0.5, 0.6) is 0 Å². The number of carbonyl (C=O) groups excluding carboxylic acids is 1. The van der Waals surface area contributed by atoms with Crippen LogP contribution in [0, 0.1) is 5.92 Å². The van der Waals surface area contributed by atoms with E-state index in [4.69, 9.17) is 17.3 Å². The summed E-state index contributed by atoms with van der Waals surface area (Å²) in [7, 11) is 0. The van der Waals surface area contributed by atoms with Crippen LogP contribution in [0.1, 0.15) is 12.0 Å². The number of benzene rings is 1. The van der Waals surface area contributed by atoms with Crippen molar-refractivity contribution in [3.8, 4) is 0 Å². The quantitative estimate of drug-likeness (QED) is 0.911. The molecule has 7 heteroatoms. The fraction of sp³-hybridized carbons (Fsp3) is 0.417. The van der Waals surface area contributed by atoms with Gasteiger partial charge in [0.05, 0.1) is 11.3 Å². The molecule has 1 amide bonds. The third kappa shape index (κ3) is 2.84. The standard InChI is InChI=1S/C12H12ClF3N2O/c13-8-1-2-9(12(14,15)16)10(4-8)18-6-7(5-17)3-11(18)19/h1-2,4,7H,3,5-6,17H2. The van der Waals surface area contributed by atoms with E-state index in [9.17, 15) is 18.0 Å². The van der Waals surface area contributed by atoms with Crippen molar-refractivity contribution in [2.45, 2.75) is 12.6 Å². The predicted molar refractivity (Wildman–Crippen MR) is 66.0 cm³/mol. The van der Waals surface area contributed by atoms with Crippen LogP contribution < -0.4 is 10.6 Å². The van der Waals surface area contributed by atoms with Gasteiger partial charge in [-0.15, -0.1) is 0 Å². The van der Waals surface area contributed by atoms with E-state index in [0.717, 1.165) is 17.0 Å². The van der Waals surface area contributed by atoms with E-state index in [1.54, 1.807) is 0 Å². The van der Waals surface area contributed by atoms with Crippen LogP contribution in [0.15, 0.2) is 18.2 Å². The molecule has 104 valence electrons. The van der Waals surface area contributed by atoms with Crippen LogP contribution in [0.4, 0.5) is 18.9 Å². The molecule has 1 heterocycles. The zero-order valence-corrected chi connectivity index (χ0v) is 10.6. The Morgan fingerprint density at radius 2 is 2.11 bits per heavy atom. The van der Waals surface area contributed by atoms with Gasteiger partial charge in [0, 0.05) is 18.0 Å². The Hall–Kier alpha value is -1.27. The third-order valence-electron chi connectivity index (χ3n) is 3.09. The van der Waals surface area contributed by atoms with Crippen molar-refractivity contribution < 1.29 is 18.0 Å². The molecule has 1 saturated heterocycles. The van der Waals surface area contributed by atoms with Gasteiger partial charge in [0.1, 0.15) is 0 Å². The van der Waals surface area contributed by atoms with E-state index >= 15 is 0 Å². The SMILES string of the molecule is NCC1CC(=O)N(c2cc(Cl)ccc2C(F)(F)F)C1. The Balaban J connectivity index is 2.44.